The number of anilines is 2. The van der Waals surface area contributed by atoms with Gasteiger partial charge in [-0.15, -0.1) is 0 Å². The van der Waals surface area contributed by atoms with Crippen molar-refractivity contribution in [1.82, 2.24) is 0 Å². The molecule has 0 aromatic heterocycles. The van der Waals surface area contributed by atoms with Gasteiger partial charge in [0.2, 0.25) is 5.91 Å². The zero-order chi connectivity index (χ0) is 18.7. The molecular formula is C20H20N2O4. The van der Waals surface area contributed by atoms with Crippen molar-refractivity contribution in [2.75, 3.05) is 16.8 Å². The van der Waals surface area contributed by atoms with Gasteiger partial charge >= 0.3 is 5.97 Å². The van der Waals surface area contributed by atoms with E-state index in [0.29, 0.717) is 16.9 Å². The van der Waals surface area contributed by atoms with Crippen molar-refractivity contribution >= 4 is 29.2 Å². The van der Waals surface area contributed by atoms with Crippen LogP contribution in [0, 0.1) is 6.92 Å². The molecule has 0 spiro atoms. The molecule has 6 heteroatoms. The first kappa shape index (κ1) is 17.7. The van der Waals surface area contributed by atoms with Crippen LogP contribution in [0.25, 0.3) is 0 Å². The van der Waals surface area contributed by atoms with Gasteiger partial charge in [0.25, 0.3) is 5.91 Å². The predicted octanol–water partition coefficient (Wildman–Crippen LogP) is 2.92. The lowest BCUT2D eigenvalue weighted by molar-refractivity contribution is -0.122. The summed E-state index contributed by atoms with van der Waals surface area (Å²) in [7, 11) is 0. The first-order chi connectivity index (χ1) is 12.5. The van der Waals surface area contributed by atoms with Gasteiger partial charge in [0, 0.05) is 12.5 Å². The highest BCUT2D eigenvalue weighted by molar-refractivity contribution is 6.05. The van der Waals surface area contributed by atoms with Crippen molar-refractivity contribution in [3.05, 3.63) is 59.7 Å². The topological polar surface area (TPSA) is 75.7 Å². The smallest absolute Gasteiger partial charge is 0.338 e. The Balaban J connectivity index is 1.77. The summed E-state index contributed by atoms with van der Waals surface area (Å²) in [6.45, 7) is 3.21. The van der Waals surface area contributed by atoms with Crippen LogP contribution in [-0.4, -0.2) is 30.4 Å². The maximum absolute atomic E-state index is 12.8. The Labute approximate surface area is 151 Å². The van der Waals surface area contributed by atoms with Gasteiger partial charge in [0.05, 0.1) is 16.9 Å². The van der Waals surface area contributed by atoms with Gasteiger partial charge in [-0.25, -0.2) is 4.79 Å². The highest BCUT2D eigenvalue weighted by atomic mass is 16.5. The summed E-state index contributed by atoms with van der Waals surface area (Å²) < 4.78 is 5.22. The summed E-state index contributed by atoms with van der Waals surface area (Å²) in [4.78, 5) is 38.5. The second kappa shape index (κ2) is 7.39. The molecule has 134 valence electrons. The fourth-order valence-corrected chi connectivity index (χ4v) is 3.04. The van der Waals surface area contributed by atoms with Gasteiger partial charge in [-0.3, -0.25) is 9.59 Å². The lowest BCUT2D eigenvalue weighted by atomic mass is 10.1. The average molecular weight is 352 g/mol. The van der Waals surface area contributed by atoms with Gasteiger partial charge in [-0.2, -0.15) is 0 Å². The molecule has 1 aliphatic heterocycles. The first-order valence-electron chi connectivity index (χ1n) is 8.41. The van der Waals surface area contributed by atoms with Crippen LogP contribution in [0.4, 0.5) is 11.4 Å². The lowest BCUT2D eigenvalue weighted by Crippen LogP contribution is -2.41. The van der Waals surface area contributed by atoms with Crippen LogP contribution in [-0.2, 0) is 14.3 Å². The van der Waals surface area contributed by atoms with E-state index in [4.69, 9.17) is 4.74 Å². The molecule has 0 fully saturated rings. The number of esters is 1. The number of benzene rings is 2. The number of ether oxygens (including phenoxy) is 1. The van der Waals surface area contributed by atoms with E-state index in [9.17, 15) is 14.4 Å². The molecule has 26 heavy (non-hydrogen) atoms. The molecule has 1 heterocycles. The van der Waals surface area contributed by atoms with Crippen molar-refractivity contribution in [1.29, 1.82) is 0 Å². The molecule has 2 aromatic rings. The van der Waals surface area contributed by atoms with Crippen LogP contribution >= 0.6 is 0 Å². The number of fused-ring (bicyclic) bond motifs is 1. The van der Waals surface area contributed by atoms with Crippen molar-refractivity contribution in [2.24, 2.45) is 0 Å². The van der Waals surface area contributed by atoms with E-state index >= 15 is 0 Å². The Morgan fingerprint density at radius 1 is 1.15 bits per heavy atom. The van der Waals surface area contributed by atoms with Crippen molar-refractivity contribution < 1.29 is 19.1 Å². The predicted molar refractivity (Wildman–Crippen MR) is 98.1 cm³/mol. The minimum absolute atomic E-state index is 0.155. The maximum atomic E-state index is 12.8. The second-order valence-electron chi connectivity index (χ2n) is 6.27. The zero-order valence-corrected chi connectivity index (χ0v) is 14.7. The number of aryl methyl sites for hydroxylation is 1. The second-order valence-corrected chi connectivity index (χ2v) is 6.27. The summed E-state index contributed by atoms with van der Waals surface area (Å²) in [6.07, 6.45) is 0.173. The Bertz CT molecular complexity index is 862. The molecular weight excluding hydrogens is 332 g/mol. The third-order valence-corrected chi connectivity index (χ3v) is 4.32. The number of carbonyl (C=O) groups excluding carboxylic acids is 3. The van der Waals surface area contributed by atoms with E-state index in [1.807, 2.05) is 19.1 Å². The average Bonchev–Trinajstić information content (AvgIpc) is 2.74. The van der Waals surface area contributed by atoms with E-state index in [0.717, 1.165) is 5.56 Å². The molecule has 0 radical (unpaired) electrons. The molecule has 0 unspecified atom stereocenters. The quantitative estimate of drug-likeness (QED) is 0.862. The zero-order valence-electron chi connectivity index (χ0n) is 14.7. The number of carbonyl (C=O) groups is 3. The Morgan fingerprint density at radius 3 is 2.62 bits per heavy atom. The van der Waals surface area contributed by atoms with Gasteiger partial charge < -0.3 is 15.0 Å². The molecule has 1 N–H and O–H groups in total. The fourth-order valence-electron chi connectivity index (χ4n) is 3.04. The minimum Gasteiger partial charge on any atom is -0.452 e. The van der Waals surface area contributed by atoms with Crippen LogP contribution in [0.15, 0.2) is 48.5 Å². The Kier molecular flexibility index (Phi) is 5.02. The van der Waals surface area contributed by atoms with E-state index in [1.165, 1.54) is 4.90 Å². The Morgan fingerprint density at radius 2 is 1.85 bits per heavy atom. The lowest BCUT2D eigenvalue weighted by Gasteiger charge is -2.27. The molecule has 0 aliphatic carbocycles. The molecule has 2 aromatic carbocycles. The molecule has 0 saturated heterocycles. The third kappa shape index (κ3) is 3.59. The maximum Gasteiger partial charge on any atom is 0.338 e. The number of nitrogens with zero attached hydrogens (tertiary/aromatic N) is 1. The van der Waals surface area contributed by atoms with Gasteiger partial charge in [-0.05, 0) is 37.6 Å². The summed E-state index contributed by atoms with van der Waals surface area (Å²) in [5.41, 5.74) is 2.39. The van der Waals surface area contributed by atoms with Crippen molar-refractivity contribution in [2.45, 2.75) is 26.3 Å². The third-order valence-electron chi connectivity index (χ3n) is 4.32. The van der Waals surface area contributed by atoms with E-state index in [1.54, 1.807) is 43.3 Å². The van der Waals surface area contributed by atoms with Crippen LogP contribution in [0.5, 0.6) is 0 Å². The minimum atomic E-state index is -0.540. The monoisotopic (exact) mass is 352 g/mol. The summed E-state index contributed by atoms with van der Waals surface area (Å²) in [5, 5.41) is 2.80. The summed E-state index contributed by atoms with van der Waals surface area (Å²) >= 11 is 0. The van der Waals surface area contributed by atoms with Crippen molar-refractivity contribution in [3.8, 4) is 0 Å². The number of nitrogens with one attached hydrogen (secondary N) is 1. The SMILES string of the molecule is Cc1ccccc1C(=O)OCC(=O)N1c2ccccc2NC(=O)C[C@@H]1C. The molecule has 2 amide bonds. The van der Waals surface area contributed by atoms with E-state index in [-0.39, 0.29) is 30.9 Å². The van der Waals surface area contributed by atoms with Crippen molar-refractivity contribution in [3.63, 3.8) is 0 Å². The molecule has 1 atom stereocenters. The normalized spacial score (nSPS) is 16.3. The van der Waals surface area contributed by atoms with Gasteiger partial charge in [0.15, 0.2) is 6.61 Å². The van der Waals surface area contributed by atoms with Crippen LogP contribution in [0.1, 0.15) is 29.3 Å². The highest BCUT2D eigenvalue weighted by Gasteiger charge is 2.30. The van der Waals surface area contributed by atoms with Gasteiger partial charge in [-0.1, -0.05) is 30.3 Å². The molecule has 0 bridgehead atoms. The van der Waals surface area contributed by atoms with Gasteiger partial charge in [0.1, 0.15) is 0 Å². The number of amides is 2. The number of hydrogen-bond acceptors (Lipinski definition) is 4. The highest BCUT2D eigenvalue weighted by Crippen LogP contribution is 2.31. The Hall–Kier alpha value is -3.15. The molecule has 3 rings (SSSR count). The number of para-hydroxylation sites is 2. The standard InChI is InChI=1S/C20H20N2O4/c1-13-7-3-4-8-15(13)20(25)26-12-19(24)22-14(2)11-18(23)21-16-9-5-6-10-17(16)22/h3-10,14H,11-12H2,1-2H3,(H,21,23)/t14-/m0/s1. The van der Waals surface area contributed by atoms with Crippen LogP contribution < -0.4 is 10.2 Å². The van der Waals surface area contributed by atoms with E-state index in [2.05, 4.69) is 5.32 Å². The van der Waals surface area contributed by atoms with E-state index < -0.39 is 5.97 Å². The molecule has 1 aliphatic rings. The largest absolute Gasteiger partial charge is 0.452 e. The summed E-state index contributed by atoms with van der Waals surface area (Å²) in [5.74, 6) is -1.07. The number of rotatable bonds is 3. The molecule has 0 saturated carbocycles. The first-order valence-corrected chi connectivity index (χ1v) is 8.41. The van der Waals surface area contributed by atoms with Crippen LogP contribution in [0.3, 0.4) is 0 Å². The molecule has 6 nitrogen and oxygen atoms in total. The van der Waals surface area contributed by atoms with Crippen LogP contribution in [0.2, 0.25) is 0 Å². The summed E-state index contributed by atoms with van der Waals surface area (Å²) in [6, 6.07) is 13.8. The number of hydrogen-bond donors (Lipinski definition) is 1. The fraction of sp³-hybridized carbons (Fsp3) is 0.250.